The SMILES string of the molecule is CCN(CC)C(=O)C1CCN(Cc2nc(-c3ccc(Br)cc3)no2)CC1. The van der Waals surface area contributed by atoms with Gasteiger partial charge in [-0.05, 0) is 64.0 Å². The summed E-state index contributed by atoms with van der Waals surface area (Å²) in [4.78, 5) is 21.2. The van der Waals surface area contributed by atoms with Gasteiger partial charge in [0.15, 0.2) is 0 Å². The van der Waals surface area contributed by atoms with Crippen molar-refractivity contribution in [3.63, 3.8) is 0 Å². The maximum atomic E-state index is 12.5. The van der Waals surface area contributed by atoms with Crippen molar-refractivity contribution < 1.29 is 9.32 Å². The largest absolute Gasteiger partial charge is 0.343 e. The summed E-state index contributed by atoms with van der Waals surface area (Å²) in [7, 11) is 0. The number of amides is 1. The monoisotopic (exact) mass is 420 g/mol. The molecule has 2 aromatic rings. The quantitative estimate of drug-likeness (QED) is 0.714. The summed E-state index contributed by atoms with van der Waals surface area (Å²) in [5.74, 6) is 1.67. The van der Waals surface area contributed by atoms with Gasteiger partial charge in [0.1, 0.15) is 0 Å². The van der Waals surface area contributed by atoms with Crippen LogP contribution in [-0.4, -0.2) is 52.0 Å². The van der Waals surface area contributed by atoms with E-state index in [0.717, 1.165) is 49.1 Å². The summed E-state index contributed by atoms with van der Waals surface area (Å²) in [5, 5.41) is 4.08. The van der Waals surface area contributed by atoms with Gasteiger partial charge in [-0.15, -0.1) is 0 Å². The van der Waals surface area contributed by atoms with Gasteiger partial charge in [-0.25, -0.2) is 0 Å². The van der Waals surface area contributed by atoms with E-state index in [1.807, 2.05) is 43.0 Å². The van der Waals surface area contributed by atoms with Crippen LogP contribution in [0, 0.1) is 5.92 Å². The van der Waals surface area contributed by atoms with Gasteiger partial charge in [-0.2, -0.15) is 4.98 Å². The second kappa shape index (κ2) is 8.77. The van der Waals surface area contributed by atoms with Crippen molar-refractivity contribution in [1.29, 1.82) is 0 Å². The third kappa shape index (κ3) is 4.51. The molecule has 26 heavy (non-hydrogen) atoms. The molecule has 7 heteroatoms. The van der Waals surface area contributed by atoms with Gasteiger partial charge in [-0.1, -0.05) is 21.1 Å². The molecule has 1 aromatic heterocycles. The van der Waals surface area contributed by atoms with Crippen LogP contribution in [0.2, 0.25) is 0 Å². The molecule has 6 nitrogen and oxygen atoms in total. The second-order valence-electron chi connectivity index (χ2n) is 6.58. The van der Waals surface area contributed by atoms with Gasteiger partial charge < -0.3 is 9.42 Å². The molecule has 0 radical (unpaired) electrons. The number of carbonyl (C=O) groups excluding carboxylic acids is 1. The molecule has 1 amide bonds. The molecule has 3 rings (SSSR count). The van der Waals surface area contributed by atoms with Crippen LogP contribution in [-0.2, 0) is 11.3 Å². The molecule has 1 aromatic carbocycles. The third-order valence-electron chi connectivity index (χ3n) is 4.94. The molecule has 1 saturated heterocycles. The van der Waals surface area contributed by atoms with E-state index in [0.29, 0.717) is 24.2 Å². The second-order valence-corrected chi connectivity index (χ2v) is 7.50. The Hall–Kier alpha value is -1.73. The number of rotatable bonds is 6. The van der Waals surface area contributed by atoms with Crippen molar-refractivity contribution in [3.05, 3.63) is 34.6 Å². The molecule has 0 spiro atoms. The van der Waals surface area contributed by atoms with E-state index in [-0.39, 0.29) is 5.92 Å². The Morgan fingerprint density at radius 1 is 1.23 bits per heavy atom. The molecule has 1 aliphatic rings. The first-order valence-electron chi connectivity index (χ1n) is 9.20. The van der Waals surface area contributed by atoms with Gasteiger partial charge in [0, 0.05) is 29.0 Å². The smallest absolute Gasteiger partial charge is 0.241 e. The van der Waals surface area contributed by atoms with Crippen LogP contribution in [0.1, 0.15) is 32.6 Å². The zero-order valence-electron chi connectivity index (χ0n) is 15.3. The highest BCUT2D eigenvalue weighted by Crippen LogP contribution is 2.22. The van der Waals surface area contributed by atoms with Gasteiger partial charge in [-0.3, -0.25) is 9.69 Å². The van der Waals surface area contributed by atoms with Crippen LogP contribution in [0.15, 0.2) is 33.3 Å². The highest BCUT2D eigenvalue weighted by atomic mass is 79.9. The lowest BCUT2D eigenvalue weighted by Crippen LogP contribution is -2.42. The van der Waals surface area contributed by atoms with Gasteiger partial charge in [0.05, 0.1) is 6.54 Å². The maximum Gasteiger partial charge on any atom is 0.241 e. The first kappa shape index (κ1) is 19.0. The molecule has 2 heterocycles. The van der Waals surface area contributed by atoms with Crippen molar-refractivity contribution >= 4 is 21.8 Å². The van der Waals surface area contributed by atoms with Gasteiger partial charge in [0.2, 0.25) is 17.6 Å². The zero-order valence-corrected chi connectivity index (χ0v) is 16.9. The summed E-state index contributed by atoms with van der Waals surface area (Å²) in [6.45, 7) is 8.05. The summed E-state index contributed by atoms with van der Waals surface area (Å²) < 4.78 is 6.43. The van der Waals surface area contributed by atoms with Crippen LogP contribution in [0.4, 0.5) is 0 Å². The molecular formula is C19H25BrN4O2. The average Bonchev–Trinajstić information content (AvgIpc) is 3.12. The third-order valence-corrected chi connectivity index (χ3v) is 5.47. The molecule has 0 atom stereocenters. The number of nitrogens with zero attached hydrogens (tertiary/aromatic N) is 4. The minimum atomic E-state index is 0.146. The number of halogens is 1. The summed E-state index contributed by atoms with van der Waals surface area (Å²) in [6.07, 6.45) is 1.78. The summed E-state index contributed by atoms with van der Waals surface area (Å²) in [5.41, 5.74) is 0.937. The van der Waals surface area contributed by atoms with E-state index >= 15 is 0 Å². The fourth-order valence-corrected chi connectivity index (χ4v) is 3.62. The number of hydrogen-bond acceptors (Lipinski definition) is 5. The van der Waals surface area contributed by atoms with Crippen molar-refractivity contribution in [2.45, 2.75) is 33.2 Å². The maximum absolute atomic E-state index is 12.5. The number of hydrogen-bond donors (Lipinski definition) is 0. The highest BCUT2D eigenvalue weighted by Gasteiger charge is 2.28. The minimum absolute atomic E-state index is 0.146. The number of likely N-dealkylation sites (tertiary alicyclic amines) is 1. The van der Waals surface area contributed by atoms with Crippen LogP contribution in [0.3, 0.4) is 0 Å². The first-order chi connectivity index (χ1) is 12.6. The Labute approximate surface area is 162 Å². The molecule has 0 N–H and O–H groups in total. The Morgan fingerprint density at radius 2 is 1.88 bits per heavy atom. The lowest BCUT2D eigenvalue weighted by atomic mass is 9.95. The van der Waals surface area contributed by atoms with Crippen molar-refractivity contribution in [2.75, 3.05) is 26.2 Å². The molecule has 1 fully saturated rings. The number of carbonyl (C=O) groups is 1. The Morgan fingerprint density at radius 3 is 2.50 bits per heavy atom. The van der Waals surface area contributed by atoms with Gasteiger partial charge in [0.25, 0.3) is 0 Å². The molecule has 0 bridgehead atoms. The van der Waals surface area contributed by atoms with Crippen molar-refractivity contribution in [3.8, 4) is 11.4 Å². The fraction of sp³-hybridized carbons (Fsp3) is 0.526. The van der Waals surface area contributed by atoms with Crippen LogP contribution in [0.5, 0.6) is 0 Å². The van der Waals surface area contributed by atoms with E-state index in [9.17, 15) is 4.79 Å². The fourth-order valence-electron chi connectivity index (χ4n) is 3.36. The van der Waals surface area contributed by atoms with Crippen LogP contribution < -0.4 is 0 Å². The van der Waals surface area contributed by atoms with Gasteiger partial charge >= 0.3 is 0 Å². The Bertz CT molecular complexity index is 719. The number of piperidine rings is 1. The van der Waals surface area contributed by atoms with Crippen LogP contribution >= 0.6 is 15.9 Å². The molecule has 0 aliphatic carbocycles. The predicted octanol–water partition coefficient (Wildman–Crippen LogP) is 3.58. The standard InChI is InChI=1S/C19H25BrN4O2/c1-3-24(4-2)19(25)15-9-11-23(12-10-15)13-17-21-18(22-26-17)14-5-7-16(20)8-6-14/h5-8,15H,3-4,9-13H2,1-2H3. The average molecular weight is 421 g/mol. The van der Waals surface area contributed by atoms with Crippen molar-refractivity contribution in [1.82, 2.24) is 19.9 Å². The lowest BCUT2D eigenvalue weighted by molar-refractivity contribution is -0.136. The highest BCUT2D eigenvalue weighted by molar-refractivity contribution is 9.10. The van der Waals surface area contributed by atoms with E-state index in [4.69, 9.17) is 4.52 Å². The molecule has 0 saturated carbocycles. The molecule has 1 aliphatic heterocycles. The van der Waals surface area contributed by atoms with E-state index in [2.05, 4.69) is 31.0 Å². The minimum Gasteiger partial charge on any atom is -0.343 e. The Balaban J connectivity index is 1.54. The normalized spacial score (nSPS) is 16.0. The number of benzene rings is 1. The topological polar surface area (TPSA) is 62.5 Å². The van der Waals surface area contributed by atoms with E-state index in [1.165, 1.54) is 0 Å². The molecular weight excluding hydrogens is 396 g/mol. The number of aromatic nitrogens is 2. The lowest BCUT2D eigenvalue weighted by Gasteiger charge is -2.32. The first-order valence-corrected chi connectivity index (χ1v) is 9.99. The predicted molar refractivity (Wildman–Crippen MR) is 103 cm³/mol. The Kier molecular flexibility index (Phi) is 6.43. The van der Waals surface area contributed by atoms with Crippen molar-refractivity contribution in [2.24, 2.45) is 5.92 Å². The summed E-state index contributed by atoms with van der Waals surface area (Å²) >= 11 is 3.42. The van der Waals surface area contributed by atoms with E-state index < -0.39 is 0 Å². The van der Waals surface area contributed by atoms with E-state index in [1.54, 1.807) is 0 Å². The zero-order chi connectivity index (χ0) is 18.5. The van der Waals surface area contributed by atoms with Crippen LogP contribution in [0.25, 0.3) is 11.4 Å². The molecule has 0 unspecified atom stereocenters. The molecule has 140 valence electrons. The summed E-state index contributed by atoms with van der Waals surface area (Å²) in [6, 6.07) is 7.85.